The summed E-state index contributed by atoms with van der Waals surface area (Å²) in [6, 6.07) is 7.55. The van der Waals surface area contributed by atoms with Crippen molar-refractivity contribution in [3.63, 3.8) is 0 Å². The quantitative estimate of drug-likeness (QED) is 0.434. The van der Waals surface area contributed by atoms with E-state index in [-0.39, 0.29) is 28.6 Å². The van der Waals surface area contributed by atoms with Crippen molar-refractivity contribution in [1.29, 1.82) is 0 Å². The number of nitrogens with one attached hydrogen (secondary N) is 1. The van der Waals surface area contributed by atoms with Crippen molar-refractivity contribution in [2.45, 2.75) is 76.6 Å². The van der Waals surface area contributed by atoms with E-state index < -0.39 is 28.8 Å². The molecule has 0 spiro atoms. The Hall–Kier alpha value is -2.74. The van der Waals surface area contributed by atoms with Gasteiger partial charge in [0.1, 0.15) is 11.4 Å². The largest absolute Gasteiger partial charge is 0.422 e. The number of fused-ring (bicyclic) bond motifs is 1. The van der Waals surface area contributed by atoms with E-state index in [2.05, 4.69) is 24.1 Å². The van der Waals surface area contributed by atoms with Crippen LogP contribution in [0.1, 0.15) is 69.6 Å². The molecule has 0 aliphatic heterocycles. The van der Waals surface area contributed by atoms with Crippen LogP contribution in [0.4, 0.5) is 17.6 Å². The van der Waals surface area contributed by atoms with Gasteiger partial charge in [0.05, 0.1) is 5.56 Å². The van der Waals surface area contributed by atoms with Crippen molar-refractivity contribution in [1.82, 2.24) is 14.7 Å². The zero-order valence-electron chi connectivity index (χ0n) is 20.1. The molecule has 0 amide bonds. The summed E-state index contributed by atoms with van der Waals surface area (Å²) in [5.41, 5.74) is -1.45. The van der Waals surface area contributed by atoms with Crippen molar-refractivity contribution >= 4 is 5.65 Å². The first kappa shape index (κ1) is 24.0. The van der Waals surface area contributed by atoms with Crippen LogP contribution in [0.15, 0.2) is 41.5 Å². The Morgan fingerprint density at radius 1 is 1.20 bits per heavy atom. The lowest BCUT2D eigenvalue weighted by atomic mass is 9.60. The molecule has 0 bridgehead atoms. The molecule has 186 valence electrons. The van der Waals surface area contributed by atoms with Gasteiger partial charge in [0.15, 0.2) is 5.65 Å². The highest BCUT2D eigenvalue weighted by Gasteiger charge is 2.40. The molecule has 2 aromatic heterocycles. The molecule has 2 heterocycles. The Kier molecular flexibility index (Phi) is 5.58. The molecule has 2 aliphatic rings. The van der Waals surface area contributed by atoms with Crippen LogP contribution in [0.25, 0.3) is 16.8 Å². The van der Waals surface area contributed by atoms with Crippen LogP contribution >= 0.6 is 0 Å². The molecule has 4 nitrogen and oxygen atoms in total. The molecular formula is C27H29F4N3O. The number of pyridine rings is 1. The molecule has 0 unspecified atom stereocenters. The Labute approximate surface area is 201 Å². The molecule has 0 radical (unpaired) electrons. The fourth-order valence-corrected chi connectivity index (χ4v) is 5.79. The Morgan fingerprint density at radius 2 is 1.91 bits per heavy atom. The fraction of sp³-hybridized carbons (Fsp3) is 0.481. The van der Waals surface area contributed by atoms with Gasteiger partial charge in [-0.25, -0.2) is 9.37 Å². The maximum absolute atomic E-state index is 15.1. The zero-order valence-corrected chi connectivity index (χ0v) is 20.1. The SMILES string of the molecule is CC1(NCc2cn3c(=O)c(-c4cccc([C@]5(C)C[C@@H](C)C5)c4)cnc3c(C(F)(F)F)c2F)CCC1. The lowest BCUT2D eigenvalue weighted by Gasteiger charge is -2.44. The van der Waals surface area contributed by atoms with Gasteiger partial charge in [-0.2, -0.15) is 13.2 Å². The van der Waals surface area contributed by atoms with Crippen molar-refractivity contribution in [3.8, 4) is 11.1 Å². The minimum absolute atomic E-state index is 0.0128. The number of rotatable bonds is 5. The van der Waals surface area contributed by atoms with E-state index in [9.17, 15) is 18.0 Å². The molecular weight excluding hydrogens is 458 g/mol. The normalized spacial score (nSPS) is 23.7. The average Bonchev–Trinajstić information content (AvgIpc) is 2.75. The molecule has 8 heteroatoms. The monoisotopic (exact) mass is 487 g/mol. The summed E-state index contributed by atoms with van der Waals surface area (Å²) in [6.07, 6.45) is 2.12. The number of hydrogen-bond acceptors (Lipinski definition) is 3. The second-order valence-electron chi connectivity index (χ2n) is 10.9. The summed E-state index contributed by atoms with van der Waals surface area (Å²) >= 11 is 0. The van der Waals surface area contributed by atoms with Gasteiger partial charge in [0.25, 0.3) is 5.56 Å². The molecule has 2 saturated carbocycles. The third kappa shape index (κ3) is 4.15. The minimum atomic E-state index is -5.00. The predicted molar refractivity (Wildman–Crippen MR) is 127 cm³/mol. The van der Waals surface area contributed by atoms with Crippen LogP contribution in [-0.4, -0.2) is 14.9 Å². The second kappa shape index (κ2) is 8.15. The second-order valence-corrected chi connectivity index (χ2v) is 10.9. The number of benzene rings is 1. The van der Waals surface area contributed by atoms with Gasteiger partial charge in [0, 0.05) is 30.0 Å². The molecule has 1 N–H and O–H groups in total. The molecule has 3 aromatic rings. The third-order valence-corrected chi connectivity index (χ3v) is 7.92. The standard InChI is InChI=1S/C27H29F4N3O/c1-16-11-25(2,12-16)19-7-4-6-17(10-19)20-14-32-23-21(27(29,30)31)22(28)18(15-34(23)24(20)35)13-33-26(3)8-5-9-26/h4,6-7,10,14-16,33H,5,8-9,11-13H2,1-3H3/t16-,25-. The zero-order chi connectivity index (χ0) is 25.2. The first-order valence-corrected chi connectivity index (χ1v) is 12.1. The smallest absolute Gasteiger partial charge is 0.307 e. The molecule has 0 saturated heterocycles. The van der Waals surface area contributed by atoms with E-state index in [1.807, 2.05) is 25.1 Å². The van der Waals surface area contributed by atoms with Crippen molar-refractivity contribution in [2.75, 3.05) is 0 Å². The van der Waals surface area contributed by atoms with Crippen molar-refractivity contribution in [3.05, 3.63) is 69.5 Å². The lowest BCUT2D eigenvalue weighted by molar-refractivity contribution is -0.139. The van der Waals surface area contributed by atoms with Gasteiger partial charge in [-0.15, -0.1) is 0 Å². The molecule has 5 rings (SSSR count). The van der Waals surface area contributed by atoms with Crippen LogP contribution < -0.4 is 10.9 Å². The molecule has 0 atom stereocenters. The minimum Gasteiger partial charge on any atom is -0.307 e. The van der Waals surface area contributed by atoms with Gasteiger partial charge in [-0.3, -0.25) is 9.20 Å². The average molecular weight is 488 g/mol. The van der Waals surface area contributed by atoms with Crippen LogP contribution in [-0.2, 0) is 18.1 Å². The maximum Gasteiger partial charge on any atom is 0.422 e. The summed E-state index contributed by atoms with van der Waals surface area (Å²) in [5, 5.41) is 3.16. The lowest BCUT2D eigenvalue weighted by Crippen LogP contribution is -2.47. The number of alkyl halides is 3. The summed E-state index contributed by atoms with van der Waals surface area (Å²) in [7, 11) is 0. The number of aromatic nitrogens is 2. The van der Waals surface area contributed by atoms with E-state index in [0.29, 0.717) is 11.5 Å². The van der Waals surface area contributed by atoms with Crippen molar-refractivity contribution in [2.24, 2.45) is 5.92 Å². The third-order valence-electron chi connectivity index (χ3n) is 7.92. The van der Waals surface area contributed by atoms with Crippen molar-refractivity contribution < 1.29 is 17.6 Å². The van der Waals surface area contributed by atoms with E-state index in [0.717, 1.165) is 54.5 Å². The summed E-state index contributed by atoms with van der Waals surface area (Å²) in [6.45, 7) is 6.23. The van der Waals surface area contributed by atoms with E-state index in [1.54, 1.807) is 6.07 Å². The molecule has 2 aliphatic carbocycles. The topological polar surface area (TPSA) is 46.4 Å². The Morgan fingerprint density at radius 3 is 2.51 bits per heavy atom. The summed E-state index contributed by atoms with van der Waals surface area (Å²) in [4.78, 5) is 17.4. The highest BCUT2D eigenvalue weighted by molar-refractivity contribution is 5.65. The van der Waals surface area contributed by atoms with Gasteiger partial charge < -0.3 is 5.32 Å². The first-order valence-electron chi connectivity index (χ1n) is 12.1. The fourth-order valence-electron chi connectivity index (χ4n) is 5.79. The summed E-state index contributed by atoms with van der Waals surface area (Å²) in [5.74, 6) is -0.761. The van der Waals surface area contributed by atoms with E-state index in [1.165, 1.54) is 0 Å². The number of nitrogens with zero attached hydrogens (tertiary/aromatic N) is 2. The molecule has 2 fully saturated rings. The van der Waals surface area contributed by atoms with Crippen LogP contribution in [0, 0.1) is 11.7 Å². The molecule has 35 heavy (non-hydrogen) atoms. The number of halogens is 4. The van der Waals surface area contributed by atoms with Gasteiger partial charge in [-0.05, 0) is 61.5 Å². The summed E-state index contributed by atoms with van der Waals surface area (Å²) < 4.78 is 57.7. The Bertz CT molecular complexity index is 1350. The first-order chi connectivity index (χ1) is 16.4. The van der Waals surface area contributed by atoms with Gasteiger partial charge >= 0.3 is 6.18 Å². The maximum atomic E-state index is 15.1. The molecule has 1 aromatic carbocycles. The highest BCUT2D eigenvalue weighted by atomic mass is 19.4. The van der Waals surface area contributed by atoms with Crippen LogP contribution in [0.2, 0.25) is 0 Å². The van der Waals surface area contributed by atoms with Crippen LogP contribution in [0.5, 0.6) is 0 Å². The highest BCUT2D eigenvalue weighted by Crippen LogP contribution is 2.47. The Balaban J connectivity index is 1.62. The van der Waals surface area contributed by atoms with Gasteiger partial charge in [0.2, 0.25) is 0 Å². The number of hydrogen-bond donors (Lipinski definition) is 1. The van der Waals surface area contributed by atoms with Crippen LogP contribution in [0.3, 0.4) is 0 Å². The van der Waals surface area contributed by atoms with Gasteiger partial charge in [-0.1, -0.05) is 38.1 Å². The predicted octanol–water partition coefficient (Wildman–Crippen LogP) is 6.24. The van der Waals surface area contributed by atoms with E-state index >= 15 is 4.39 Å². The van der Waals surface area contributed by atoms with E-state index in [4.69, 9.17) is 0 Å².